The molecule has 1 aliphatic rings. The number of fused-ring (bicyclic) bond motifs is 1. The number of hydrogen-bond acceptors (Lipinski definition) is 5. The predicted octanol–water partition coefficient (Wildman–Crippen LogP) is 3.35. The fraction of sp³-hybridized carbons (Fsp3) is 0.400. The fourth-order valence-corrected chi connectivity index (χ4v) is 3.33. The molecular weight excluding hydrogens is 326 g/mol. The van der Waals surface area contributed by atoms with Crippen molar-refractivity contribution in [3.63, 3.8) is 0 Å². The van der Waals surface area contributed by atoms with Gasteiger partial charge in [-0.25, -0.2) is 9.97 Å². The molecule has 0 spiro atoms. The van der Waals surface area contributed by atoms with Crippen LogP contribution in [0.4, 0.5) is 5.82 Å². The summed E-state index contributed by atoms with van der Waals surface area (Å²) in [6, 6.07) is 10.5. The summed E-state index contributed by atoms with van der Waals surface area (Å²) in [6.07, 6.45) is 6.25. The van der Waals surface area contributed by atoms with E-state index in [4.69, 9.17) is 9.72 Å². The first-order chi connectivity index (χ1) is 12.7. The van der Waals surface area contributed by atoms with Crippen molar-refractivity contribution in [3.05, 3.63) is 42.7 Å². The summed E-state index contributed by atoms with van der Waals surface area (Å²) in [5.41, 5.74) is 2.75. The van der Waals surface area contributed by atoms with Crippen LogP contribution >= 0.6 is 0 Å². The minimum atomic E-state index is 0.145. The molecule has 1 fully saturated rings. The lowest BCUT2D eigenvalue weighted by Gasteiger charge is -2.24. The third-order valence-electron chi connectivity index (χ3n) is 4.56. The first-order valence-electron chi connectivity index (χ1n) is 9.27. The van der Waals surface area contributed by atoms with Gasteiger partial charge in [0.25, 0.3) is 0 Å². The maximum Gasteiger partial charge on any atom is 0.140 e. The first kappa shape index (κ1) is 16.8. The number of nitrogens with one attached hydrogen (secondary N) is 2. The molecule has 0 radical (unpaired) electrons. The van der Waals surface area contributed by atoms with E-state index in [1.807, 2.05) is 61.0 Å². The van der Waals surface area contributed by atoms with Gasteiger partial charge in [-0.15, -0.1) is 0 Å². The van der Waals surface area contributed by atoms with Crippen LogP contribution in [0.5, 0.6) is 5.75 Å². The quantitative estimate of drug-likeness (QED) is 0.738. The molecule has 6 nitrogen and oxygen atoms in total. The molecule has 1 aliphatic heterocycles. The second-order valence-electron chi connectivity index (χ2n) is 6.98. The van der Waals surface area contributed by atoms with Crippen molar-refractivity contribution in [2.45, 2.75) is 38.8 Å². The molecule has 3 aromatic rings. The van der Waals surface area contributed by atoms with Crippen LogP contribution in [-0.2, 0) is 0 Å². The molecule has 0 aromatic carbocycles. The van der Waals surface area contributed by atoms with Crippen LogP contribution in [0.3, 0.4) is 0 Å². The van der Waals surface area contributed by atoms with E-state index in [1.54, 1.807) is 0 Å². The van der Waals surface area contributed by atoms with E-state index in [9.17, 15) is 0 Å². The Labute approximate surface area is 153 Å². The van der Waals surface area contributed by atoms with Gasteiger partial charge in [-0.05, 0) is 58.0 Å². The summed E-state index contributed by atoms with van der Waals surface area (Å²) in [5, 5.41) is 6.95. The van der Waals surface area contributed by atoms with E-state index in [-0.39, 0.29) is 6.10 Å². The van der Waals surface area contributed by atoms with Gasteiger partial charge in [0.1, 0.15) is 17.2 Å². The largest absolute Gasteiger partial charge is 0.491 e. The molecule has 26 heavy (non-hydrogen) atoms. The number of piperidine rings is 1. The first-order valence-corrected chi connectivity index (χ1v) is 9.27. The highest BCUT2D eigenvalue weighted by molar-refractivity contribution is 5.62. The van der Waals surface area contributed by atoms with E-state index in [2.05, 4.69) is 15.6 Å². The maximum atomic E-state index is 5.76. The van der Waals surface area contributed by atoms with Gasteiger partial charge in [0.05, 0.1) is 23.7 Å². The molecule has 4 heterocycles. The van der Waals surface area contributed by atoms with Crippen molar-refractivity contribution in [1.29, 1.82) is 0 Å². The Bertz CT molecular complexity index is 883. The number of aromatic nitrogens is 3. The summed E-state index contributed by atoms with van der Waals surface area (Å²) in [6.45, 7) is 6.16. The molecule has 0 unspecified atom stereocenters. The highest BCUT2D eigenvalue weighted by Crippen LogP contribution is 2.24. The van der Waals surface area contributed by atoms with Crippen LogP contribution in [-0.4, -0.2) is 39.6 Å². The number of nitrogens with zero attached hydrogens (tertiary/aromatic N) is 3. The molecule has 0 bridgehead atoms. The monoisotopic (exact) mass is 351 g/mol. The Morgan fingerprint density at radius 1 is 1.23 bits per heavy atom. The normalized spacial score (nSPS) is 15.5. The number of rotatable bonds is 5. The zero-order valence-corrected chi connectivity index (χ0v) is 15.3. The van der Waals surface area contributed by atoms with Crippen molar-refractivity contribution in [2.75, 3.05) is 18.4 Å². The second kappa shape index (κ2) is 7.33. The summed E-state index contributed by atoms with van der Waals surface area (Å²) in [7, 11) is 0. The lowest BCUT2D eigenvalue weighted by atomic mass is 10.1. The van der Waals surface area contributed by atoms with Gasteiger partial charge < -0.3 is 15.4 Å². The molecule has 1 saturated heterocycles. The van der Waals surface area contributed by atoms with Crippen LogP contribution in [0.15, 0.2) is 42.7 Å². The molecule has 2 N–H and O–H groups in total. The Kier molecular flexibility index (Phi) is 4.75. The van der Waals surface area contributed by atoms with Crippen LogP contribution in [0.1, 0.15) is 26.7 Å². The second-order valence-corrected chi connectivity index (χ2v) is 6.98. The maximum absolute atomic E-state index is 5.76. The van der Waals surface area contributed by atoms with Gasteiger partial charge in [-0.1, -0.05) is 6.07 Å². The molecule has 136 valence electrons. The van der Waals surface area contributed by atoms with Crippen molar-refractivity contribution in [2.24, 2.45) is 0 Å². The van der Waals surface area contributed by atoms with E-state index in [0.29, 0.717) is 6.04 Å². The number of imidazole rings is 1. The van der Waals surface area contributed by atoms with E-state index in [0.717, 1.165) is 54.5 Å². The standard InChI is InChI=1S/C20H25N5O/c1-14(2)26-16-8-11-25-18(13-22-20(25)12-16)17-4-3-5-19(24-17)23-15-6-9-21-10-7-15/h3-5,8,11-15,21H,6-7,9-10H2,1-2H3,(H,23,24). The lowest BCUT2D eigenvalue weighted by Crippen LogP contribution is -2.35. The Morgan fingerprint density at radius 2 is 2.08 bits per heavy atom. The molecule has 6 heteroatoms. The number of hydrogen-bond donors (Lipinski definition) is 2. The van der Waals surface area contributed by atoms with Gasteiger partial charge >= 0.3 is 0 Å². The Balaban J connectivity index is 1.59. The van der Waals surface area contributed by atoms with Crippen molar-refractivity contribution in [3.8, 4) is 17.1 Å². The number of ether oxygens (including phenoxy) is 1. The van der Waals surface area contributed by atoms with E-state index in [1.165, 1.54) is 0 Å². The Morgan fingerprint density at radius 3 is 2.88 bits per heavy atom. The smallest absolute Gasteiger partial charge is 0.140 e. The third kappa shape index (κ3) is 3.65. The number of anilines is 1. The van der Waals surface area contributed by atoms with E-state index >= 15 is 0 Å². The van der Waals surface area contributed by atoms with Gasteiger partial charge in [-0.3, -0.25) is 4.40 Å². The van der Waals surface area contributed by atoms with Gasteiger partial charge in [0.15, 0.2) is 0 Å². The highest BCUT2D eigenvalue weighted by atomic mass is 16.5. The summed E-state index contributed by atoms with van der Waals surface area (Å²) in [4.78, 5) is 9.33. The van der Waals surface area contributed by atoms with Crippen molar-refractivity contribution < 1.29 is 4.74 Å². The lowest BCUT2D eigenvalue weighted by molar-refractivity contribution is 0.242. The summed E-state index contributed by atoms with van der Waals surface area (Å²) < 4.78 is 7.80. The van der Waals surface area contributed by atoms with Crippen molar-refractivity contribution >= 4 is 11.5 Å². The zero-order valence-electron chi connectivity index (χ0n) is 15.3. The molecule has 0 amide bonds. The van der Waals surface area contributed by atoms with Crippen LogP contribution in [0.2, 0.25) is 0 Å². The Hall–Kier alpha value is -2.60. The molecule has 3 aromatic heterocycles. The average molecular weight is 351 g/mol. The fourth-order valence-electron chi connectivity index (χ4n) is 3.33. The van der Waals surface area contributed by atoms with Gasteiger partial charge in [-0.2, -0.15) is 0 Å². The average Bonchev–Trinajstić information content (AvgIpc) is 3.05. The minimum absolute atomic E-state index is 0.145. The minimum Gasteiger partial charge on any atom is -0.491 e. The van der Waals surface area contributed by atoms with E-state index < -0.39 is 0 Å². The van der Waals surface area contributed by atoms with Crippen molar-refractivity contribution in [1.82, 2.24) is 19.7 Å². The van der Waals surface area contributed by atoms with Crippen LogP contribution in [0.25, 0.3) is 17.0 Å². The SMILES string of the molecule is CC(C)Oc1ccn2c(-c3cccc(NC4CCNCC4)n3)cnc2c1. The number of pyridine rings is 2. The molecule has 0 aliphatic carbocycles. The molecule has 0 atom stereocenters. The molecule has 4 rings (SSSR count). The predicted molar refractivity (Wildman–Crippen MR) is 104 cm³/mol. The van der Waals surface area contributed by atoms with Gasteiger partial charge in [0.2, 0.25) is 0 Å². The summed E-state index contributed by atoms with van der Waals surface area (Å²) >= 11 is 0. The highest BCUT2D eigenvalue weighted by Gasteiger charge is 2.14. The summed E-state index contributed by atoms with van der Waals surface area (Å²) in [5.74, 6) is 1.75. The zero-order chi connectivity index (χ0) is 17.9. The topological polar surface area (TPSA) is 63.5 Å². The molecule has 0 saturated carbocycles. The van der Waals surface area contributed by atoms with Gasteiger partial charge in [0, 0.05) is 18.3 Å². The van der Waals surface area contributed by atoms with Crippen LogP contribution in [0, 0.1) is 0 Å². The molecular formula is C20H25N5O. The third-order valence-corrected chi connectivity index (χ3v) is 4.56. The van der Waals surface area contributed by atoms with Crippen LogP contribution < -0.4 is 15.4 Å².